The summed E-state index contributed by atoms with van der Waals surface area (Å²) in [6.07, 6.45) is 1.75. The van der Waals surface area contributed by atoms with Crippen molar-refractivity contribution in [3.05, 3.63) is 65.8 Å². The van der Waals surface area contributed by atoms with Crippen LogP contribution in [0.1, 0.15) is 0 Å². The number of benzene rings is 3. The second-order valence-electron chi connectivity index (χ2n) is 4.67. The Hall–Kier alpha value is -2.12. The Morgan fingerprint density at radius 1 is 0.789 bits per heavy atom. The first-order valence-electron chi connectivity index (χ1n) is 6.19. The Kier molecular flexibility index (Phi) is 2.23. The molecule has 0 amide bonds. The molecule has 19 heavy (non-hydrogen) atoms. The quantitative estimate of drug-likeness (QED) is 0.314. The summed E-state index contributed by atoms with van der Waals surface area (Å²) in [4.78, 5) is 4.39. The topological polar surface area (TPSA) is 12.9 Å². The molecule has 1 aromatic heterocycles. The third-order valence-electron chi connectivity index (χ3n) is 3.54. The maximum atomic E-state index is 6.35. The van der Waals surface area contributed by atoms with Crippen molar-refractivity contribution in [2.24, 2.45) is 0 Å². The lowest BCUT2D eigenvalue weighted by atomic mass is 10.0. The van der Waals surface area contributed by atoms with Crippen molar-refractivity contribution in [2.75, 3.05) is 0 Å². The number of hydrogen-bond donors (Lipinski definition) is 0. The molecule has 0 bridgehead atoms. The number of nitrogens with zero attached hydrogens (tertiary/aromatic N) is 1. The second kappa shape index (κ2) is 3.94. The molecule has 2 heteroatoms. The zero-order chi connectivity index (χ0) is 12.8. The van der Waals surface area contributed by atoms with Gasteiger partial charge in [0.05, 0.1) is 10.5 Å². The van der Waals surface area contributed by atoms with Crippen LogP contribution in [0.15, 0.2) is 60.8 Å². The highest BCUT2D eigenvalue weighted by Crippen LogP contribution is 2.32. The monoisotopic (exact) mass is 263 g/mol. The minimum atomic E-state index is 0.755. The van der Waals surface area contributed by atoms with Gasteiger partial charge in [0.25, 0.3) is 0 Å². The smallest absolute Gasteiger partial charge is 0.0723 e. The molecule has 0 spiro atoms. The molecule has 0 radical (unpaired) electrons. The molecule has 4 rings (SSSR count). The Bertz CT molecular complexity index is 928. The van der Waals surface area contributed by atoms with Crippen molar-refractivity contribution in [1.29, 1.82) is 0 Å². The fourth-order valence-electron chi connectivity index (χ4n) is 2.63. The number of hydrogen-bond acceptors (Lipinski definition) is 1. The highest BCUT2D eigenvalue weighted by molar-refractivity contribution is 6.37. The van der Waals surface area contributed by atoms with Crippen molar-refractivity contribution < 1.29 is 0 Å². The molecule has 0 N–H and O–H groups in total. The van der Waals surface area contributed by atoms with Crippen molar-refractivity contribution in [3.8, 4) is 0 Å². The van der Waals surface area contributed by atoms with Gasteiger partial charge in [-0.25, -0.2) is 0 Å². The van der Waals surface area contributed by atoms with Crippen LogP contribution in [0.3, 0.4) is 0 Å². The van der Waals surface area contributed by atoms with E-state index in [1.165, 1.54) is 16.2 Å². The van der Waals surface area contributed by atoms with E-state index in [2.05, 4.69) is 47.4 Å². The number of rotatable bonds is 0. The van der Waals surface area contributed by atoms with Crippen LogP contribution in [-0.2, 0) is 0 Å². The summed E-state index contributed by atoms with van der Waals surface area (Å²) >= 11 is 6.35. The summed E-state index contributed by atoms with van der Waals surface area (Å²) in [6.45, 7) is 0. The summed E-state index contributed by atoms with van der Waals surface area (Å²) in [5, 5.41) is 6.62. The van der Waals surface area contributed by atoms with Crippen LogP contribution in [0.4, 0.5) is 0 Å². The summed E-state index contributed by atoms with van der Waals surface area (Å²) < 4.78 is 0. The Morgan fingerprint density at radius 2 is 1.58 bits per heavy atom. The molecule has 1 heterocycles. The summed E-state index contributed by atoms with van der Waals surface area (Å²) in [5.74, 6) is 0. The maximum absolute atomic E-state index is 6.35. The lowest BCUT2D eigenvalue weighted by Crippen LogP contribution is -1.83. The normalized spacial score (nSPS) is 11.4. The molecule has 90 valence electrons. The first-order chi connectivity index (χ1) is 9.33. The van der Waals surface area contributed by atoms with Crippen LogP contribution in [-0.4, -0.2) is 4.98 Å². The van der Waals surface area contributed by atoms with Gasteiger partial charge in [0.1, 0.15) is 0 Å². The highest BCUT2D eigenvalue weighted by atomic mass is 35.5. The van der Waals surface area contributed by atoms with E-state index in [9.17, 15) is 0 Å². The minimum Gasteiger partial charge on any atom is -0.256 e. The minimum absolute atomic E-state index is 0.755. The Morgan fingerprint density at radius 3 is 2.42 bits per heavy atom. The average molecular weight is 264 g/mol. The SMILES string of the molecule is Clc1ccnc2ccc3cc4ccccc4cc3c12. The highest BCUT2D eigenvalue weighted by Gasteiger charge is 2.06. The molecule has 0 unspecified atom stereocenters. The lowest BCUT2D eigenvalue weighted by molar-refractivity contribution is 1.42. The van der Waals surface area contributed by atoms with Gasteiger partial charge in [-0.15, -0.1) is 0 Å². The lowest BCUT2D eigenvalue weighted by Gasteiger charge is -2.07. The first-order valence-corrected chi connectivity index (χ1v) is 6.56. The predicted octanol–water partition coefficient (Wildman–Crippen LogP) is 5.19. The first kappa shape index (κ1) is 10.8. The largest absolute Gasteiger partial charge is 0.256 e. The van der Waals surface area contributed by atoms with Gasteiger partial charge < -0.3 is 0 Å². The predicted molar refractivity (Wildman–Crippen MR) is 81.8 cm³/mol. The van der Waals surface area contributed by atoms with Gasteiger partial charge in [-0.1, -0.05) is 41.9 Å². The van der Waals surface area contributed by atoms with E-state index in [1.54, 1.807) is 6.20 Å². The number of halogens is 1. The number of fused-ring (bicyclic) bond motifs is 4. The number of pyridine rings is 1. The van der Waals surface area contributed by atoms with Crippen LogP contribution in [0.2, 0.25) is 5.02 Å². The van der Waals surface area contributed by atoms with Crippen LogP contribution in [0.25, 0.3) is 32.4 Å². The third-order valence-corrected chi connectivity index (χ3v) is 3.85. The van der Waals surface area contributed by atoms with Crippen LogP contribution in [0.5, 0.6) is 0 Å². The van der Waals surface area contributed by atoms with Crippen molar-refractivity contribution in [2.45, 2.75) is 0 Å². The number of aromatic nitrogens is 1. The van der Waals surface area contributed by atoms with E-state index in [0.717, 1.165) is 21.3 Å². The van der Waals surface area contributed by atoms with Crippen LogP contribution >= 0.6 is 11.6 Å². The third kappa shape index (κ3) is 1.59. The van der Waals surface area contributed by atoms with Gasteiger partial charge >= 0.3 is 0 Å². The van der Waals surface area contributed by atoms with E-state index in [4.69, 9.17) is 11.6 Å². The van der Waals surface area contributed by atoms with Gasteiger partial charge in [0.15, 0.2) is 0 Å². The van der Waals surface area contributed by atoms with Gasteiger partial charge in [0, 0.05) is 11.6 Å². The average Bonchev–Trinajstić information content (AvgIpc) is 2.45. The molecule has 3 aromatic carbocycles. The zero-order valence-corrected chi connectivity index (χ0v) is 10.9. The molecule has 0 fully saturated rings. The zero-order valence-electron chi connectivity index (χ0n) is 10.1. The summed E-state index contributed by atoms with van der Waals surface area (Å²) in [6, 6.07) is 18.7. The maximum Gasteiger partial charge on any atom is 0.0723 e. The molecule has 0 aliphatic carbocycles. The summed E-state index contributed by atoms with van der Waals surface area (Å²) in [7, 11) is 0. The van der Waals surface area contributed by atoms with E-state index in [-0.39, 0.29) is 0 Å². The molecule has 4 aromatic rings. The fraction of sp³-hybridized carbons (Fsp3) is 0. The fourth-order valence-corrected chi connectivity index (χ4v) is 2.88. The molecular formula is C17H10ClN. The van der Waals surface area contributed by atoms with Gasteiger partial charge in [-0.3, -0.25) is 4.98 Å². The standard InChI is InChI=1S/C17H10ClN/c18-15-7-8-19-16-6-5-13-9-11-3-1-2-4-12(11)10-14(13)17(15)16/h1-10H. The molecule has 0 aliphatic rings. The molecular weight excluding hydrogens is 254 g/mol. The van der Waals surface area contributed by atoms with E-state index >= 15 is 0 Å². The van der Waals surface area contributed by atoms with E-state index in [1.807, 2.05) is 12.1 Å². The molecule has 0 atom stereocenters. The Labute approximate surface area is 115 Å². The van der Waals surface area contributed by atoms with Crippen LogP contribution in [0, 0.1) is 0 Å². The van der Waals surface area contributed by atoms with Gasteiger partial charge in [0.2, 0.25) is 0 Å². The van der Waals surface area contributed by atoms with Crippen LogP contribution < -0.4 is 0 Å². The van der Waals surface area contributed by atoms with Crippen molar-refractivity contribution >= 4 is 44.0 Å². The van der Waals surface area contributed by atoms with Gasteiger partial charge in [-0.05, 0) is 45.8 Å². The van der Waals surface area contributed by atoms with Crippen molar-refractivity contribution in [3.63, 3.8) is 0 Å². The summed E-state index contributed by atoms with van der Waals surface area (Å²) in [5.41, 5.74) is 0.940. The van der Waals surface area contributed by atoms with E-state index < -0.39 is 0 Å². The van der Waals surface area contributed by atoms with E-state index in [0.29, 0.717) is 0 Å². The van der Waals surface area contributed by atoms with Crippen molar-refractivity contribution in [1.82, 2.24) is 4.98 Å². The Balaban J connectivity index is 2.29. The second-order valence-corrected chi connectivity index (χ2v) is 5.08. The van der Waals surface area contributed by atoms with Gasteiger partial charge in [-0.2, -0.15) is 0 Å². The molecule has 0 saturated carbocycles. The molecule has 1 nitrogen and oxygen atoms in total. The molecule has 0 aliphatic heterocycles. The molecule has 0 saturated heterocycles.